The topological polar surface area (TPSA) is 3.88 Å². The first-order chi connectivity index (χ1) is 14.5. The molecule has 1 saturated carbocycles. The maximum Gasteiger partial charge on any atom is 0.220 e. The molecule has 30 heavy (non-hydrogen) atoms. The van der Waals surface area contributed by atoms with Gasteiger partial charge in [0.05, 0.1) is 10.9 Å². The molecule has 4 aromatic rings. The average Bonchev–Trinajstić information content (AvgIpc) is 3.29. The van der Waals surface area contributed by atoms with Crippen LogP contribution in [0.15, 0.2) is 66.9 Å². The SMILES string of the molecule is Cc1c(-c2c3ccccc3cc[n+]2C)cc2ccccc2c1C(C)(C)C1CCCC1. The van der Waals surface area contributed by atoms with E-state index < -0.39 is 0 Å². The van der Waals surface area contributed by atoms with E-state index in [2.05, 4.69) is 99.2 Å². The van der Waals surface area contributed by atoms with E-state index in [9.17, 15) is 0 Å². The lowest BCUT2D eigenvalue weighted by atomic mass is 9.68. The summed E-state index contributed by atoms with van der Waals surface area (Å²) in [6.45, 7) is 7.34. The van der Waals surface area contributed by atoms with Crippen molar-refractivity contribution in [2.75, 3.05) is 0 Å². The Hall–Kier alpha value is -2.67. The molecule has 0 bridgehead atoms. The fraction of sp³-hybridized carbons (Fsp3) is 0.345. The Morgan fingerprint density at radius 3 is 2.20 bits per heavy atom. The van der Waals surface area contributed by atoms with E-state index in [1.54, 1.807) is 5.56 Å². The third kappa shape index (κ3) is 2.95. The summed E-state index contributed by atoms with van der Waals surface area (Å²) in [6, 6.07) is 22.4. The average molecular weight is 395 g/mol. The smallest absolute Gasteiger partial charge is 0.200 e. The van der Waals surface area contributed by atoms with Crippen LogP contribution in [0.5, 0.6) is 0 Å². The highest BCUT2D eigenvalue weighted by Gasteiger charge is 2.36. The highest BCUT2D eigenvalue weighted by atomic mass is 14.9. The molecule has 5 rings (SSSR count). The van der Waals surface area contributed by atoms with Crippen molar-refractivity contribution in [1.29, 1.82) is 0 Å². The first kappa shape index (κ1) is 19.3. The van der Waals surface area contributed by atoms with E-state index in [0.29, 0.717) is 0 Å². The van der Waals surface area contributed by atoms with Crippen LogP contribution in [0.25, 0.3) is 32.8 Å². The molecule has 1 heteroatoms. The number of rotatable bonds is 3. The minimum atomic E-state index is 0.166. The van der Waals surface area contributed by atoms with Crippen molar-refractivity contribution in [3.8, 4) is 11.3 Å². The monoisotopic (exact) mass is 394 g/mol. The van der Waals surface area contributed by atoms with Gasteiger partial charge in [-0.1, -0.05) is 69.2 Å². The molecule has 0 N–H and O–H groups in total. The van der Waals surface area contributed by atoms with Crippen molar-refractivity contribution < 1.29 is 4.57 Å². The molecule has 1 aromatic heterocycles. The Kier molecular flexibility index (Phi) is 4.65. The molecule has 1 fully saturated rings. The minimum Gasteiger partial charge on any atom is -0.200 e. The number of pyridine rings is 1. The number of aromatic nitrogens is 1. The molecular weight excluding hydrogens is 362 g/mol. The van der Waals surface area contributed by atoms with E-state index in [1.807, 2.05) is 0 Å². The molecule has 0 aliphatic heterocycles. The lowest BCUT2D eigenvalue weighted by Gasteiger charge is -2.35. The maximum atomic E-state index is 2.49. The number of hydrogen-bond donors (Lipinski definition) is 0. The Labute approximate surface area is 180 Å². The van der Waals surface area contributed by atoms with Crippen molar-refractivity contribution >= 4 is 21.5 Å². The molecule has 0 atom stereocenters. The first-order valence-corrected chi connectivity index (χ1v) is 11.4. The summed E-state index contributed by atoms with van der Waals surface area (Å²) in [5.41, 5.74) is 5.85. The van der Waals surface area contributed by atoms with Gasteiger partial charge in [-0.05, 0) is 70.5 Å². The van der Waals surface area contributed by atoms with Crippen LogP contribution in [0.1, 0.15) is 50.7 Å². The maximum absolute atomic E-state index is 2.49. The summed E-state index contributed by atoms with van der Waals surface area (Å²) >= 11 is 0. The molecule has 0 spiro atoms. The zero-order valence-electron chi connectivity index (χ0n) is 18.7. The molecule has 0 saturated heterocycles. The Morgan fingerprint density at radius 2 is 1.47 bits per heavy atom. The molecule has 0 amide bonds. The third-order valence-corrected chi connectivity index (χ3v) is 7.63. The number of fused-ring (bicyclic) bond motifs is 2. The molecule has 3 aromatic carbocycles. The standard InChI is InChI=1S/C29H32N/c1-20-26(28-25-16-10-5-11-21(25)17-18-30(28)4)19-22-12-6-9-15-24(22)27(20)29(2,3)23-13-7-8-14-23/h5-6,9-12,15-19,23H,7-8,13-14H2,1-4H3/q+1. The molecule has 152 valence electrons. The lowest BCUT2D eigenvalue weighted by molar-refractivity contribution is -0.659. The second-order valence-corrected chi connectivity index (χ2v) is 9.71. The van der Waals surface area contributed by atoms with Crippen molar-refractivity contribution in [2.45, 2.75) is 51.9 Å². The first-order valence-electron chi connectivity index (χ1n) is 11.4. The highest BCUT2D eigenvalue weighted by molar-refractivity contribution is 5.98. The molecule has 0 radical (unpaired) electrons. The normalized spacial score (nSPS) is 15.3. The summed E-state index contributed by atoms with van der Waals surface area (Å²) in [7, 11) is 2.18. The van der Waals surface area contributed by atoms with Crippen LogP contribution in [0, 0.1) is 12.8 Å². The highest BCUT2D eigenvalue weighted by Crippen LogP contribution is 2.47. The summed E-state index contributed by atoms with van der Waals surface area (Å²) in [6.07, 6.45) is 7.67. The Balaban J connectivity index is 1.86. The summed E-state index contributed by atoms with van der Waals surface area (Å²) in [5, 5.41) is 5.41. The zero-order chi connectivity index (χ0) is 20.9. The van der Waals surface area contributed by atoms with Crippen LogP contribution < -0.4 is 4.57 Å². The van der Waals surface area contributed by atoms with E-state index >= 15 is 0 Å². The van der Waals surface area contributed by atoms with Crippen molar-refractivity contribution in [1.82, 2.24) is 0 Å². The lowest BCUT2D eigenvalue weighted by Crippen LogP contribution is -2.32. The number of aryl methyl sites for hydroxylation is 1. The Morgan fingerprint density at radius 1 is 0.833 bits per heavy atom. The zero-order valence-corrected chi connectivity index (χ0v) is 18.7. The minimum absolute atomic E-state index is 0.166. The number of nitrogens with zero attached hydrogens (tertiary/aromatic N) is 1. The van der Waals surface area contributed by atoms with E-state index in [0.717, 1.165) is 5.92 Å². The third-order valence-electron chi connectivity index (χ3n) is 7.63. The van der Waals surface area contributed by atoms with Gasteiger partial charge in [-0.2, -0.15) is 0 Å². The van der Waals surface area contributed by atoms with Gasteiger partial charge in [0.25, 0.3) is 0 Å². The van der Waals surface area contributed by atoms with Gasteiger partial charge in [0, 0.05) is 6.07 Å². The van der Waals surface area contributed by atoms with Gasteiger partial charge in [0.1, 0.15) is 7.05 Å². The van der Waals surface area contributed by atoms with Crippen molar-refractivity contribution in [3.05, 3.63) is 78.0 Å². The van der Waals surface area contributed by atoms with Gasteiger partial charge >= 0.3 is 0 Å². The predicted octanol–water partition coefficient (Wildman–Crippen LogP) is 7.26. The molecule has 1 nitrogen and oxygen atoms in total. The van der Waals surface area contributed by atoms with Gasteiger partial charge in [-0.3, -0.25) is 0 Å². The summed E-state index contributed by atoms with van der Waals surface area (Å²) in [4.78, 5) is 0. The number of hydrogen-bond acceptors (Lipinski definition) is 0. The van der Waals surface area contributed by atoms with Crippen molar-refractivity contribution in [3.63, 3.8) is 0 Å². The quantitative estimate of drug-likeness (QED) is 0.322. The van der Waals surface area contributed by atoms with Crippen LogP contribution in [-0.2, 0) is 12.5 Å². The van der Waals surface area contributed by atoms with Crippen LogP contribution in [0.3, 0.4) is 0 Å². The van der Waals surface area contributed by atoms with Gasteiger partial charge in [-0.15, -0.1) is 0 Å². The van der Waals surface area contributed by atoms with Gasteiger partial charge < -0.3 is 0 Å². The van der Waals surface area contributed by atoms with Crippen LogP contribution in [0.2, 0.25) is 0 Å². The molecule has 1 heterocycles. The van der Waals surface area contributed by atoms with E-state index in [4.69, 9.17) is 0 Å². The summed E-state index contributed by atoms with van der Waals surface area (Å²) in [5.74, 6) is 0.760. The molecular formula is C29H32N+. The molecule has 1 aliphatic rings. The van der Waals surface area contributed by atoms with Crippen LogP contribution in [0.4, 0.5) is 0 Å². The second-order valence-electron chi connectivity index (χ2n) is 9.71. The Bertz CT molecular complexity index is 1240. The van der Waals surface area contributed by atoms with Gasteiger partial charge in [0.2, 0.25) is 5.69 Å². The van der Waals surface area contributed by atoms with Gasteiger partial charge in [0.15, 0.2) is 6.20 Å². The van der Waals surface area contributed by atoms with E-state index in [-0.39, 0.29) is 5.41 Å². The molecule has 0 unspecified atom stereocenters. The van der Waals surface area contributed by atoms with Crippen molar-refractivity contribution in [2.24, 2.45) is 13.0 Å². The van der Waals surface area contributed by atoms with Crippen LogP contribution in [-0.4, -0.2) is 0 Å². The largest absolute Gasteiger partial charge is 0.220 e. The fourth-order valence-electron chi connectivity index (χ4n) is 6.03. The second kappa shape index (κ2) is 7.23. The predicted molar refractivity (Wildman–Crippen MR) is 128 cm³/mol. The van der Waals surface area contributed by atoms with Crippen LogP contribution >= 0.6 is 0 Å². The van der Waals surface area contributed by atoms with E-state index in [1.165, 1.54) is 64.0 Å². The van der Waals surface area contributed by atoms with Gasteiger partial charge in [-0.25, -0.2) is 4.57 Å². The fourth-order valence-corrected chi connectivity index (χ4v) is 6.03. The number of benzene rings is 3. The molecule has 1 aliphatic carbocycles. The summed E-state index contributed by atoms with van der Waals surface area (Å²) < 4.78 is 2.30.